The molecule has 2 nitrogen and oxygen atoms in total. The van der Waals surface area contributed by atoms with Gasteiger partial charge in [0.05, 0.1) is 0 Å². The summed E-state index contributed by atoms with van der Waals surface area (Å²) in [7, 11) is 0. The zero-order valence-corrected chi connectivity index (χ0v) is 20.1. The third-order valence-electron chi connectivity index (χ3n) is 6.63. The molecule has 0 bridgehead atoms. The molecule has 0 spiro atoms. The quantitative estimate of drug-likeness (QED) is 0.190. The molecular weight excluding hydrogens is 392 g/mol. The number of allylic oxidation sites excluding steroid dienone is 2. The van der Waals surface area contributed by atoms with E-state index < -0.39 is 0 Å². The van der Waals surface area contributed by atoms with E-state index in [0.717, 1.165) is 24.3 Å². The molecule has 0 aliphatic heterocycles. The number of esters is 1. The summed E-state index contributed by atoms with van der Waals surface area (Å²) in [6, 6.07) is 16.8. The molecule has 0 heterocycles. The van der Waals surface area contributed by atoms with Crippen molar-refractivity contribution < 1.29 is 9.53 Å². The molecule has 3 rings (SSSR count). The monoisotopic (exact) mass is 432 g/mol. The highest BCUT2D eigenvalue weighted by atomic mass is 16.5. The van der Waals surface area contributed by atoms with Gasteiger partial charge in [-0.15, -0.1) is 0 Å². The van der Waals surface area contributed by atoms with Crippen LogP contribution in [0.25, 0.3) is 16.7 Å². The van der Waals surface area contributed by atoms with Crippen molar-refractivity contribution in [3.8, 4) is 16.9 Å². The Hall–Kier alpha value is -2.35. The van der Waals surface area contributed by atoms with Crippen LogP contribution in [0.5, 0.6) is 5.75 Å². The van der Waals surface area contributed by atoms with Crippen molar-refractivity contribution in [2.75, 3.05) is 0 Å². The van der Waals surface area contributed by atoms with Crippen molar-refractivity contribution in [3.63, 3.8) is 0 Å². The maximum absolute atomic E-state index is 12.1. The van der Waals surface area contributed by atoms with Gasteiger partial charge in [0.2, 0.25) is 0 Å². The van der Waals surface area contributed by atoms with Gasteiger partial charge in [0.1, 0.15) is 5.75 Å². The van der Waals surface area contributed by atoms with Crippen molar-refractivity contribution >= 4 is 11.5 Å². The van der Waals surface area contributed by atoms with Crippen LogP contribution >= 0.6 is 0 Å². The summed E-state index contributed by atoms with van der Waals surface area (Å²) in [6.45, 7) is 4.50. The average molecular weight is 433 g/mol. The van der Waals surface area contributed by atoms with E-state index in [-0.39, 0.29) is 5.97 Å². The molecule has 0 fully saturated rings. The molecule has 1 unspecified atom stereocenters. The second kappa shape index (κ2) is 13.3. The minimum atomic E-state index is -0.125. The summed E-state index contributed by atoms with van der Waals surface area (Å²) in [4.78, 5) is 12.1. The fourth-order valence-corrected chi connectivity index (χ4v) is 4.65. The van der Waals surface area contributed by atoms with E-state index in [1.807, 2.05) is 24.3 Å². The predicted octanol–water partition coefficient (Wildman–Crippen LogP) is 8.99. The Labute approximate surface area is 195 Å². The molecule has 172 valence electrons. The molecule has 0 amide bonds. The van der Waals surface area contributed by atoms with E-state index in [0.29, 0.717) is 12.2 Å². The van der Waals surface area contributed by atoms with Crippen LogP contribution in [0.15, 0.2) is 54.6 Å². The molecule has 2 aromatic rings. The summed E-state index contributed by atoms with van der Waals surface area (Å²) in [5.74, 6) is 1.39. The minimum absolute atomic E-state index is 0.125. The third kappa shape index (κ3) is 7.65. The van der Waals surface area contributed by atoms with Crippen LogP contribution < -0.4 is 4.74 Å². The van der Waals surface area contributed by atoms with Gasteiger partial charge in [-0.2, -0.15) is 0 Å². The lowest BCUT2D eigenvalue weighted by atomic mass is 9.84. The van der Waals surface area contributed by atoms with E-state index in [9.17, 15) is 4.79 Å². The highest BCUT2D eigenvalue weighted by molar-refractivity contribution is 5.74. The Balaban J connectivity index is 1.48. The average Bonchev–Trinajstić information content (AvgIpc) is 2.83. The second-order valence-electron chi connectivity index (χ2n) is 9.25. The molecule has 0 saturated heterocycles. The molecular formula is C30H40O2. The molecule has 1 aliphatic carbocycles. The van der Waals surface area contributed by atoms with Gasteiger partial charge in [-0.05, 0) is 66.0 Å². The Morgan fingerprint density at radius 2 is 1.44 bits per heavy atom. The van der Waals surface area contributed by atoms with Crippen LogP contribution in [-0.4, -0.2) is 5.97 Å². The second-order valence-corrected chi connectivity index (χ2v) is 9.25. The molecule has 0 aromatic heterocycles. The Morgan fingerprint density at radius 1 is 0.812 bits per heavy atom. The fourth-order valence-electron chi connectivity index (χ4n) is 4.65. The number of unbranched alkanes of at least 4 members (excludes halogenated alkanes) is 5. The van der Waals surface area contributed by atoms with Crippen molar-refractivity contribution in [2.45, 2.75) is 90.9 Å². The Bertz CT molecular complexity index is 845. The molecule has 0 radical (unpaired) electrons. The molecule has 1 atom stereocenters. The molecule has 0 N–H and O–H groups in total. The molecule has 2 heteroatoms. The number of hydrogen-bond donors (Lipinski definition) is 0. The summed E-state index contributed by atoms with van der Waals surface area (Å²) >= 11 is 0. The van der Waals surface area contributed by atoms with Gasteiger partial charge in [0.25, 0.3) is 0 Å². The summed E-state index contributed by atoms with van der Waals surface area (Å²) in [5, 5.41) is 0. The Kier molecular flexibility index (Phi) is 10.1. The highest BCUT2D eigenvalue weighted by Crippen LogP contribution is 2.33. The Morgan fingerprint density at radius 3 is 2.06 bits per heavy atom. The zero-order chi connectivity index (χ0) is 22.6. The fraction of sp³-hybridized carbons (Fsp3) is 0.500. The lowest BCUT2D eigenvalue weighted by molar-refractivity contribution is -0.134. The van der Waals surface area contributed by atoms with Gasteiger partial charge in [-0.1, -0.05) is 101 Å². The topological polar surface area (TPSA) is 26.3 Å². The number of hydrogen-bond acceptors (Lipinski definition) is 2. The van der Waals surface area contributed by atoms with E-state index in [1.165, 1.54) is 74.5 Å². The number of benzene rings is 2. The largest absolute Gasteiger partial charge is 0.427 e. The van der Waals surface area contributed by atoms with Crippen molar-refractivity contribution in [1.29, 1.82) is 0 Å². The van der Waals surface area contributed by atoms with Gasteiger partial charge in [0, 0.05) is 6.42 Å². The van der Waals surface area contributed by atoms with Crippen LogP contribution in [0.3, 0.4) is 0 Å². The minimum Gasteiger partial charge on any atom is -0.427 e. The highest BCUT2D eigenvalue weighted by Gasteiger charge is 2.14. The van der Waals surface area contributed by atoms with Gasteiger partial charge in [-0.25, -0.2) is 0 Å². The van der Waals surface area contributed by atoms with E-state index >= 15 is 0 Å². The first-order valence-corrected chi connectivity index (χ1v) is 12.8. The molecule has 32 heavy (non-hydrogen) atoms. The van der Waals surface area contributed by atoms with Crippen LogP contribution in [0.2, 0.25) is 0 Å². The summed E-state index contributed by atoms with van der Waals surface area (Å²) < 4.78 is 5.51. The number of rotatable bonds is 12. The van der Waals surface area contributed by atoms with Gasteiger partial charge in [-0.3, -0.25) is 4.79 Å². The van der Waals surface area contributed by atoms with E-state index in [4.69, 9.17) is 4.74 Å². The van der Waals surface area contributed by atoms with Gasteiger partial charge < -0.3 is 4.74 Å². The first-order valence-electron chi connectivity index (χ1n) is 12.8. The van der Waals surface area contributed by atoms with Crippen molar-refractivity contribution in [3.05, 3.63) is 60.2 Å². The van der Waals surface area contributed by atoms with Crippen LogP contribution in [0.1, 0.15) is 96.5 Å². The third-order valence-corrected chi connectivity index (χ3v) is 6.63. The van der Waals surface area contributed by atoms with Gasteiger partial charge in [0.15, 0.2) is 0 Å². The summed E-state index contributed by atoms with van der Waals surface area (Å²) in [5.41, 5.74) is 5.19. The smallest absolute Gasteiger partial charge is 0.311 e. The lowest BCUT2D eigenvalue weighted by Crippen LogP contribution is -2.07. The molecule has 2 aromatic carbocycles. The lowest BCUT2D eigenvalue weighted by Gasteiger charge is -2.21. The number of ether oxygens (including phenoxy) is 1. The van der Waals surface area contributed by atoms with Gasteiger partial charge >= 0.3 is 5.97 Å². The predicted molar refractivity (Wildman–Crippen MR) is 136 cm³/mol. The van der Waals surface area contributed by atoms with Crippen LogP contribution in [-0.2, 0) is 4.79 Å². The van der Waals surface area contributed by atoms with Crippen molar-refractivity contribution in [1.82, 2.24) is 0 Å². The van der Waals surface area contributed by atoms with Crippen molar-refractivity contribution in [2.24, 2.45) is 5.92 Å². The first-order chi connectivity index (χ1) is 15.7. The van der Waals surface area contributed by atoms with E-state index in [1.54, 1.807) is 0 Å². The maximum atomic E-state index is 12.1. The summed E-state index contributed by atoms with van der Waals surface area (Å²) in [6.07, 6.45) is 16.4. The molecule has 1 aliphatic rings. The first kappa shape index (κ1) is 24.3. The number of carbonyl (C=O) groups is 1. The van der Waals surface area contributed by atoms with Crippen LogP contribution in [0.4, 0.5) is 0 Å². The van der Waals surface area contributed by atoms with Crippen LogP contribution in [0, 0.1) is 5.92 Å². The zero-order valence-electron chi connectivity index (χ0n) is 20.1. The maximum Gasteiger partial charge on any atom is 0.311 e. The normalized spacial score (nSPS) is 15.9. The number of carbonyl (C=O) groups excluding carboxylic acids is 1. The SMILES string of the molecule is CCCCCCCCC(=O)Oc1ccc(-c2ccc(C3=CCC(CCC)CC3)cc2)cc1. The van der Waals surface area contributed by atoms with E-state index in [2.05, 4.69) is 44.2 Å². The standard InChI is InChI=1S/C30H40O2/c1-3-5-6-7-8-9-11-30(31)32-29-22-20-28(21-23-29)27-18-16-26(17-19-27)25-14-12-24(10-4-2)13-15-25/h14,16-24H,3-13,15H2,1-2H3. The molecule has 0 saturated carbocycles.